The predicted octanol–water partition coefficient (Wildman–Crippen LogP) is 5.12. The summed E-state index contributed by atoms with van der Waals surface area (Å²) in [5.41, 5.74) is -2.00. The van der Waals surface area contributed by atoms with E-state index < -0.39 is 35.7 Å². The maximum absolute atomic E-state index is 13.8. The molecule has 0 atom stereocenters. The topological polar surface area (TPSA) is 48.0 Å². The Labute approximate surface area is 188 Å². The fourth-order valence-corrected chi connectivity index (χ4v) is 3.98. The minimum Gasteiger partial charge on any atom is -0.444 e. The lowest BCUT2D eigenvalue weighted by atomic mass is 9.73. The Morgan fingerprint density at radius 2 is 1.59 bits per heavy atom. The standard InChI is InChI=1S/C23H33BF3NO4/c1-20(2,3)30-19(29)28-12-10-15(11-13-28)16-8-9-17(23(25,26)27)18(14-16)24-31-21(4,5)22(6,7)32-24/h8-9,14-15H,10-13H2,1-7H3. The summed E-state index contributed by atoms with van der Waals surface area (Å²) in [5, 5.41) is 0. The molecule has 0 bridgehead atoms. The van der Waals surface area contributed by atoms with E-state index in [0.29, 0.717) is 25.9 Å². The maximum atomic E-state index is 13.8. The minimum atomic E-state index is -4.52. The van der Waals surface area contributed by atoms with Gasteiger partial charge in [-0.1, -0.05) is 18.2 Å². The zero-order valence-corrected chi connectivity index (χ0v) is 19.9. The summed E-state index contributed by atoms with van der Waals surface area (Å²) in [4.78, 5) is 14.0. The number of likely N-dealkylation sites (tertiary alicyclic amines) is 1. The number of rotatable bonds is 2. The summed E-state index contributed by atoms with van der Waals surface area (Å²) in [7, 11) is -1.10. The number of carbonyl (C=O) groups is 1. The molecule has 0 aromatic heterocycles. The Bertz CT molecular complexity index is 840. The van der Waals surface area contributed by atoms with E-state index in [1.807, 2.05) is 48.5 Å². The van der Waals surface area contributed by atoms with Gasteiger partial charge in [0.1, 0.15) is 5.60 Å². The third-order valence-electron chi connectivity index (χ3n) is 6.51. The molecule has 2 saturated heterocycles. The monoisotopic (exact) mass is 455 g/mol. The van der Waals surface area contributed by atoms with Crippen molar-refractivity contribution >= 4 is 18.7 Å². The van der Waals surface area contributed by atoms with Crippen molar-refractivity contribution < 1.29 is 32.0 Å². The van der Waals surface area contributed by atoms with Crippen LogP contribution in [0.1, 0.15) is 78.4 Å². The van der Waals surface area contributed by atoms with E-state index in [0.717, 1.165) is 11.6 Å². The second-order valence-electron chi connectivity index (χ2n) is 10.7. The van der Waals surface area contributed by atoms with Gasteiger partial charge in [0, 0.05) is 13.1 Å². The third-order valence-corrected chi connectivity index (χ3v) is 6.51. The van der Waals surface area contributed by atoms with E-state index in [2.05, 4.69) is 0 Å². The van der Waals surface area contributed by atoms with Gasteiger partial charge in [0.2, 0.25) is 0 Å². The molecule has 9 heteroatoms. The van der Waals surface area contributed by atoms with Gasteiger partial charge >= 0.3 is 19.4 Å². The molecular weight excluding hydrogens is 422 g/mol. The Balaban J connectivity index is 1.81. The average Bonchev–Trinajstić information content (AvgIpc) is 2.86. The Morgan fingerprint density at radius 3 is 2.06 bits per heavy atom. The molecular formula is C23H33BF3NO4. The van der Waals surface area contributed by atoms with Crippen molar-refractivity contribution in [3.63, 3.8) is 0 Å². The predicted molar refractivity (Wildman–Crippen MR) is 117 cm³/mol. The maximum Gasteiger partial charge on any atom is 0.495 e. The second-order valence-corrected chi connectivity index (χ2v) is 10.7. The first kappa shape index (κ1) is 24.9. The smallest absolute Gasteiger partial charge is 0.444 e. The summed E-state index contributed by atoms with van der Waals surface area (Å²) >= 11 is 0. The number of halogens is 3. The van der Waals surface area contributed by atoms with Crippen LogP contribution in [0.2, 0.25) is 0 Å². The summed E-state index contributed by atoms with van der Waals surface area (Å²) in [5.74, 6) is 0.0390. The third kappa shape index (κ3) is 5.25. The van der Waals surface area contributed by atoms with Gasteiger partial charge in [-0.25, -0.2) is 4.79 Å². The molecule has 3 rings (SSSR count). The lowest BCUT2D eigenvalue weighted by Crippen LogP contribution is -2.42. The van der Waals surface area contributed by atoms with Crippen LogP contribution in [0.25, 0.3) is 0 Å². The van der Waals surface area contributed by atoms with Crippen LogP contribution in [0.4, 0.5) is 18.0 Å². The number of hydrogen-bond acceptors (Lipinski definition) is 4. The van der Waals surface area contributed by atoms with Gasteiger partial charge < -0.3 is 18.9 Å². The molecule has 5 nitrogen and oxygen atoms in total. The Kier molecular flexibility index (Phi) is 6.41. The van der Waals surface area contributed by atoms with Gasteiger partial charge in [0.15, 0.2) is 0 Å². The highest BCUT2D eigenvalue weighted by Gasteiger charge is 2.53. The molecule has 0 unspecified atom stereocenters. The molecule has 0 aliphatic carbocycles. The molecule has 178 valence electrons. The number of carbonyl (C=O) groups excluding carboxylic acids is 1. The number of alkyl halides is 3. The highest BCUT2D eigenvalue weighted by atomic mass is 19.4. The molecule has 2 aliphatic heterocycles. The van der Waals surface area contributed by atoms with Crippen LogP contribution in [0.3, 0.4) is 0 Å². The second kappa shape index (κ2) is 8.24. The van der Waals surface area contributed by atoms with Crippen LogP contribution in [-0.2, 0) is 20.2 Å². The van der Waals surface area contributed by atoms with Crippen LogP contribution in [0.5, 0.6) is 0 Å². The number of benzene rings is 1. The minimum absolute atomic E-state index is 0.00298. The zero-order valence-electron chi connectivity index (χ0n) is 19.9. The van der Waals surface area contributed by atoms with Crippen LogP contribution < -0.4 is 5.46 Å². The first-order valence-corrected chi connectivity index (χ1v) is 11.0. The van der Waals surface area contributed by atoms with Gasteiger partial charge in [-0.05, 0) is 78.3 Å². The lowest BCUT2D eigenvalue weighted by molar-refractivity contribution is -0.136. The van der Waals surface area contributed by atoms with Gasteiger partial charge in [-0.15, -0.1) is 0 Å². The number of nitrogens with zero attached hydrogens (tertiary/aromatic N) is 1. The molecule has 0 radical (unpaired) electrons. The van der Waals surface area contributed by atoms with E-state index in [1.54, 1.807) is 11.0 Å². The van der Waals surface area contributed by atoms with E-state index in [9.17, 15) is 18.0 Å². The van der Waals surface area contributed by atoms with Crippen molar-refractivity contribution in [2.45, 2.75) is 90.2 Å². The first-order valence-electron chi connectivity index (χ1n) is 11.0. The van der Waals surface area contributed by atoms with Crippen molar-refractivity contribution in [1.29, 1.82) is 0 Å². The first-order chi connectivity index (χ1) is 14.5. The summed E-state index contributed by atoms with van der Waals surface area (Å²) < 4.78 is 58.6. The highest BCUT2D eigenvalue weighted by Crippen LogP contribution is 2.39. The fourth-order valence-electron chi connectivity index (χ4n) is 3.98. The largest absolute Gasteiger partial charge is 0.495 e. The van der Waals surface area contributed by atoms with E-state index >= 15 is 0 Å². The number of hydrogen-bond donors (Lipinski definition) is 0. The van der Waals surface area contributed by atoms with E-state index in [4.69, 9.17) is 14.0 Å². The summed E-state index contributed by atoms with van der Waals surface area (Å²) in [6.07, 6.45) is -3.58. The molecule has 2 fully saturated rings. The molecule has 1 amide bonds. The summed E-state index contributed by atoms with van der Waals surface area (Å²) in [6, 6.07) is 4.22. The van der Waals surface area contributed by atoms with Crippen molar-refractivity contribution in [3.8, 4) is 0 Å². The molecule has 0 N–H and O–H groups in total. The molecule has 1 aromatic rings. The van der Waals surface area contributed by atoms with Crippen molar-refractivity contribution in [3.05, 3.63) is 29.3 Å². The van der Waals surface area contributed by atoms with Crippen LogP contribution in [0.15, 0.2) is 18.2 Å². The van der Waals surface area contributed by atoms with E-state index in [1.165, 1.54) is 6.07 Å². The van der Waals surface area contributed by atoms with Gasteiger partial charge in [0.05, 0.1) is 16.8 Å². The van der Waals surface area contributed by atoms with Gasteiger partial charge in [0.25, 0.3) is 0 Å². The number of ether oxygens (including phenoxy) is 1. The van der Waals surface area contributed by atoms with Gasteiger partial charge in [-0.3, -0.25) is 0 Å². The Morgan fingerprint density at radius 1 is 1.06 bits per heavy atom. The van der Waals surface area contributed by atoms with Crippen molar-refractivity contribution in [2.75, 3.05) is 13.1 Å². The van der Waals surface area contributed by atoms with E-state index in [-0.39, 0.29) is 17.5 Å². The van der Waals surface area contributed by atoms with Crippen LogP contribution in [0, 0.1) is 0 Å². The number of piperidine rings is 1. The van der Waals surface area contributed by atoms with Gasteiger partial charge in [-0.2, -0.15) is 13.2 Å². The fraction of sp³-hybridized carbons (Fsp3) is 0.696. The lowest BCUT2D eigenvalue weighted by Gasteiger charge is -2.34. The van der Waals surface area contributed by atoms with Crippen LogP contribution in [-0.4, -0.2) is 48.0 Å². The average molecular weight is 455 g/mol. The molecule has 0 saturated carbocycles. The van der Waals surface area contributed by atoms with Crippen molar-refractivity contribution in [2.24, 2.45) is 0 Å². The SMILES string of the molecule is CC(C)(C)OC(=O)N1CCC(c2ccc(C(F)(F)F)c(B3OC(C)(C)C(C)(C)O3)c2)CC1. The molecule has 0 spiro atoms. The molecule has 32 heavy (non-hydrogen) atoms. The molecule has 2 aliphatic rings. The summed E-state index contributed by atoms with van der Waals surface area (Å²) in [6.45, 7) is 13.7. The zero-order chi connectivity index (χ0) is 24.1. The quantitative estimate of drug-likeness (QED) is 0.581. The van der Waals surface area contributed by atoms with Crippen LogP contribution >= 0.6 is 0 Å². The number of amides is 1. The van der Waals surface area contributed by atoms with Crippen molar-refractivity contribution in [1.82, 2.24) is 4.90 Å². The normalized spacial score (nSPS) is 21.7. The molecule has 2 heterocycles. The molecule has 1 aromatic carbocycles. The Hall–Kier alpha value is -1.74. The highest BCUT2D eigenvalue weighted by molar-refractivity contribution is 6.62.